The molecule has 0 fully saturated rings. The Balaban J connectivity index is 1.73. The number of hydrogen-bond acceptors (Lipinski definition) is 5. The fourth-order valence-corrected chi connectivity index (χ4v) is 1.92. The van der Waals surface area contributed by atoms with E-state index in [1.807, 2.05) is 0 Å². The van der Waals surface area contributed by atoms with Crippen LogP contribution in [0, 0.1) is 5.82 Å². The second-order valence-electron chi connectivity index (χ2n) is 4.19. The number of anilines is 1. The largest absolute Gasteiger partial charge is 0.489 e. The molecule has 1 unspecified atom stereocenters. The van der Waals surface area contributed by atoms with E-state index in [-0.39, 0.29) is 11.9 Å². The second kappa shape index (κ2) is 4.25. The fraction of sp³-hybridized carbons (Fsp3) is 0.364. The molecule has 1 aromatic heterocycles. The maximum absolute atomic E-state index is 13.0. The number of benzene rings is 1. The average Bonchev–Trinajstić information content (AvgIpc) is 2.75. The molecular weight excluding hydrogens is 237 g/mol. The van der Waals surface area contributed by atoms with Crippen molar-refractivity contribution >= 4 is 5.69 Å². The van der Waals surface area contributed by atoms with Gasteiger partial charge in [0.05, 0.1) is 18.8 Å². The summed E-state index contributed by atoms with van der Waals surface area (Å²) in [5, 5.41) is 15.1. The lowest BCUT2D eigenvalue weighted by molar-refractivity contribution is 0.281. The number of nitrogens with zero attached hydrogens (tertiary/aromatic N) is 4. The molecule has 94 valence electrons. The summed E-state index contributed by atoms with van der Waals surface area (Å²) in [6, 6.07) is 4.50. The SMILES string of the molecule is Cn1nnc(CC2COc3cc(F)ccc3N2)n1. The smallest absolute Gasteiger partial charge is 0.176 e. The lowest BCUT2D eigenvalue weighted by Gasteiger charge is -2.26. The summed E-state index contributed by atoms with van der Waals surface area (Å²) in [6.45, 7) is 0.453. The van der Waals surface area contributed by atoms with E-state index >= 15 is 0 Å². The second-order valence-corrected chi connectivity index (χ2v) is 4.19. The van der Waals surface area contributed by atoms with Crippen molar-refractivity contribution in [1.82, 2.24) is 20.2 Å². The van der Waals surface area contributed by atoms with Crippen molar-refractivity contribution in [2.75, 3.05) is 11.9 Å². The van der Waals surface area contributed by atoms with Crippen LogP contribution in [0.25, 0.3) is 0 Å². The Labute approximate surface area is 103 Å². The number of aromatic nitrogens is 4. The molecule has 1 atom stereocenters. The number of ether oxygens (including phenoxy) is 1. The molecule has 0 saturated carbocycles. The third-order valence-corrected chi connectivity index (χ3v) is 2.72. The van der Waals surface area contributed by atoms with Gasteiger partial charge in [-0.1, -0.05) is 0 Å². The van der Waals surface area contributed by atoms with Gasteiger partial charge in [-0.05, 0) is 17.3 Å². The van der Waals surface area contributed by atoms with Crippen LogP contribution in [0.15, 0.2) is 18.2 Å². The van der Waals surface area contributed by atoms with Crippen molar-refractivity contribution in [2.24, 2.45) is 7.05 Å². The highest BCUT2D eigenvalue weighted by atomic mass is 19.1. The van der Waals surface area contributed by atoms with E-state index in [1.54, 1.807) is 13.1 Å². The zero-order valence-electron chi connectivity index (χ0n) is 9.80. The number of fused-ring (bicyclic) bond motifs is 1. The van der Waals surface area contributed by atoms with Crippen LogP contribution >= 0.6 is 0 Å². The Kier molecular flexibility index (Phi) is 2.58. The minimum absolute atomic E-state index is 0.0622. The van der Waals surface area contributed by atoms with Crippen molar-refractivity contribution in [1.29, 1.82) is 0 Å². The van der Waals surface area contributed by atoms with Gasteiger partial charge in [0, 0.05) is 12.5 Å². The minimum Gasteiger partial charge on any atom is -0.489 e. The molecule has 1 aliphatic heterocycles. The van der Waals surface area contributed by atoms with E-state index in [0.717, 1.165) is 5.69 Å². The van der Waals surface area contributed by atoms with Gasteiger partial charge >= 0.3 is 0 Å². The minimum atomic E-state index is -0.301. The first kappa shape index (κ1) is 10.9. The van der Waals surface area contributed by atoms with Crippen LogP contribution in [0.4, 0.5) is 10.1 Å². The zero-order chi connectivity index (χ0) is 12.5. The maximum Gasteiger partial charge on any atom is 0.176 e. The zero-order valence-corrected chi connectivity index (χ0v) is 9.80. The van der Waals surface area contributed by atoms with Crippen molar-refractivity contribution in [3.63, 3.8) is 0 Å². The van der Waals surface area contributed by atoms with E-state index < -0.39 is 0 Å². The highest BCUT2D eigenvalue weighted by molar-refractivity contribution is 5.58. The monoisotopic (exact) mass is 249 g/mol. The number of nitrogens with one attached hydrogen (secondary N) is 1. The normalized spacial score (nSPS) is 17.8. The van der Waals surface area contributed by atoms with E-state index in [1.165, 1.54) is 16.9 Å². The molecule has 0 spiro atoms. The van der Waals surface area contributed by atoms with Gasteiger partial charge < -0.3 is 10.1 Å². The van der Waals surface area contributed by atoms with Gasteiger partial charge in [-0.3, -0.25) is 0 Å². The van der Waals surface area contributed by atoms with Crippen LogP contribution in [0.1, 0.15) is 5.82 Å². The van der Waals surface area contributed by atoms with E-state index in [2.05, 4.69) is 20.7 Å². The topological polar surface area (TPSA) is 64.9 Å². The predicted octanol–water partition coefficient (Wildman–Crippen LogP) is 0.765. The number of halogens is 1. The number of rotatable bonds is 2. The highest BCUT2D eigenvalue weighted by Gasteiger charge is 2.21. The van der Waals surface area contributed by atoms with Crippen molar-refractivity contribution in [2.45, 2.75) is 12.5 Å². The molecule has 7 heteroatoms. The number of tetrazole rings is 1. The third-order valence-electron chi connectivity index (χ3n) is 2.72. The van der Waals surface area contributed by atoms with E-state index in [0.29, 0.717) is 24.6 Å². The standard InChI is InChI=1S/C11H12FN5O/c1-17-15-11(14-16-17)5-8-6-18-10-4-7(12)2-3-9(10)13-8/h2-4,8,13H,5-6H2,1H3. The lowest BCUT2D eigenvalue weighted by Crippen LogP contribution is -2.33. The molecule has 1 aliphatic rings. The van der Waals surface area contributed by atoms with Gasteiger partial charge in [-0.25, -0.2) is 4.39 Å². The van der Waals surface area contributed by atoms with Crippen LogP contribution in [0.3, 0.4) is 0 Å². The van der Waals surface area contributed by atoms with Crippen LogP contribution in [-0.4, -0.2) is 32.9 Å². The first-order valence-electron chi connectivity index (χ1n) is 5.62. The Bertz CT molecular complexity index is 570. The average molecular weight is 249 g/mol. The molecule has 2 aromatic rings. The molecular formula is C11H12FN5O. The van der Waals surface area contributed by atoms with Gasteiger partial charge in [-0.2, -0.15) is 4.80 Å². The predicted molar refractivity (Wildman–Crippen MR) is 61.8 cm³/mol. The Hall–Kier alpha value is -2.18. The fourth-order valence-electron chi connectivity index (χ4n) is 1.92. The summed E-state index contributed by atoms with van der Waals surface area (Å²) < 4.78 is 18.5. The molecule has 0 bridgehead atoms. The van der Waals surface area contributed by atoms with Gasteiger partial charge in [0.25, 0.3) is 0 Å². The molecule has 18 heavy (non-hydrogen) atoms. The molecule has 0 amide bonds. The van der Waals surface area contributed by atoms with Gasteiger partial charge in [0.1, 0.15) is 18.2 Å². The molecule has 0 radical (unpaired) electrons. The summed E-state index contributed by atoms with van der Waals surface area (Å²) in [7, 11) is 1.72. The Morgan fingerprint density at radius 1 is 1.56 bits per heavy atom. The summed E-state index contributed by atoms with van der Waals surface area (Å²) in [5.41, 5.74) is 0.788. The molecule has 1 aromatic carbocycles. The summed E-state index contributed by atoms with van der Waals surface area (Å²) in [6.07, 6.45) is 0.616. The van der Waals surface area contributed by atoms with Gasteiger partial charge in [0.15, 0.2) is 5.82 Å². The summed E-state index contributed by atoms with van der Waals surface area (Å²) in [4.78, 5) is 1.42. The molecule has 6 nitrogen and oxygen atoms in total. The van der Waals surface area contributed by atoms with Crippen molar-refractivity contribution in [3.05, 3.63) is 29.8 Å². The van der Waals surface area contributed by atoms with Crippen molar-refractivity contribution in [3.8, 4) is 5.75 Å². The first-order valence-corrected chi connectivity index (χ1v) is 5.62. The van der Waals surface area contributed by atoms with Crippen LogP contribution < -0.4 is 10.1 Å². The van der Waals surface area contributed by atoms with Gasteiger partial charge in [0.2, 0.25) is 0 Å². The molecule has 0 aliphatic carbocycles. The van der Waals surface area contributed by atoms with Crippen molar-refractivity contribution < 1.29 is 9.13 Å². The highest BCUT2D eigenvalue weighted by Crippen LogP contribution is 2.29. The Morgan fingerprint density at radius 2 is 2.44 bits per heavy atom. The number of hydrogen-bond donors (Lipinski definition) is 1. The number of aryl methyl sites for hydroxylation is 1. The molecule has 0 saturated heterocycles. The van der Waals surface area contributed by atoms with Crippen LogP contribution in [0.2, 0.25) is 0 Å². The summed E-state index contributed by atoms with van der Waals surface area (Å²) >= 11 is 0. The van der Waals surface area contributed by atoms with E-state index in [4.69, 9.17) is 4.74 Å². The third kappa shape index (κ3) is 2.11. The van der Waals surface area contributed by atoms with E-state index in [9.17, 15) is 4.39 Å². The summed E-state index contributed by atoms with van der Waals surface area (Å²) in [5.74, 6) is 0.895. The first-order chi connectivity index (χ1) is 8.70. The van der Waals surface area contributed by atoms with Crippen LogP contribution in [0.5, 0.6) is 5.75 Å². The molecule has 3 rings (SSSR count). The quantitative estimate of drug-likeness (QED) is 0.851. The Morgan fingerprint density at radius 3 is 3.22 bits per heavy atom. The lowest BCUT2D eigenvalue weighted by atomic mass is 10.1. The maximum atomic E-state index is 13.0. The molecule has 2 heterocycles. The molecule has 1 N–H and O–H groups in total. The van der Waals surface area contributed by atoms with Gasteiger partial charge in [-0.15, -0.1) is 10.2 Å². The van der Waals surface area contributed by atoms with Crippen LogP contribution in [-0.2, 0) is 13.5 Å².